The number of esters is 1. The van der Waals surface area contributed by atoms with Crippen molar-refractivity contribution in [1.82, 2.24) is 19.9 Å². The van der Waals surface area contributed by atoms with E-state index in [0.29, 0.717) is 0 Å². The fourth-order valence-corrected chi connectivity index (χ4v) is 3.36. The monoisotopic (exact) mass is 560 g/mol. The van der Waals surface area contributed by atoms with Crippen LogP contribution in [0.2, 0.25) is 0 Å². The van der Waals surface area contributed by atoms with Crippen molar-refractivity contribution in [2.45, 2.75) is 32.9 Å². The predicted octanol–water partition coefficient (Wildman–Crippen LogP) is 2.00. The summed E-state index contributed by atoms with van der Waals surface area (Å²) in [7, 11) is 0. The molecular formula is C23H19ClF6N6O2. The van der Waals surface area contributed by atoms with Gasteiger partial charge < -0.3 is 17.1 Å². The van der Waals surface area contributed by atoms with Crippen molar-refractivity contribution in [3.63, 3.8) is 0 Å². The van der Waals surface area contributed by atoms with Crippen LogP contribution in [0, 0.1) is 5.92 Å². The summed E-state index contributed by atoms with van der Waals surface area (Å²) in [5, 5.41) is 10.8. The van der Waals surface area contributed by atoms with Gasteiger partial charge in [-0.15, -0.1) is 4.68 Å². The fraction of sp³-hybridized carbons (Fsp3) is 0.261. The summed E-state index contributed by atoms with van der Waals surface area (Å²) >= 11 is 0. The number of carbonyl (C=O) groups excluding carboxylic acids is 1. The van der Waals surface area contributed by atoms with Crippen LogP contribution in [0.25, 0.3) is 17.1 Å². The van der Waals surface area contributed by atoms with Crippen LogP contribution >= 0.6 is 0 Å². The number of aromatic nitrogens is 5. The van der Waals surface area contributed by atoms with Crippen molar-refractivity contribution in [1.29, 1.82) is 0 Å². The number of carbonyl (C=O) groups is 1. The van der Waals surface area contributed by atoms with Gasteiger partial charge in [-0.05, 0) is 36.4 Å². The molecule has 0 bridgehead atoms. The zero-order chi connectivity index (χ0) is 27.0. The number of anilines is 2. The zero-order valence-electron chi connectivity index (χ0n) is 19.7. The molecular weight excluding hydrogens is 542 g/mol. The van der Waals surface area contributed by atoms with Crippen LogP contribution < -0.4 is 22.4 Å². The van der Waals surface area contributed by atoms with E-state index in [9.17, 15) is 31.1 Å². The molecule has 0 aliphatic carbocycles. The van der Waals surface area contributed by atoms with Gasteiger partial charge in [0.25, 0.3) is 5.82 Å². The predicted molar refractivity (Wildman–Crippen MR) is 117 cm³/mol. The van der Waals surface area contributed by atoms with Gasteiger partial charge in [0.1, 0.15) is 0 Å². The minimum absolute atomic E-state index is 0. The summed E-state index contributed by atoms with van der Waals surface area (Å²) in [6, 6.07) is 7.48. The molecule has 2 aromatic rings. The Morgan fingerprint density at radius 1 is 1.05 bits per heavy atom. The largest absolute Gasteiger partial charge is 1.00 e. The molecule has 3 heterocycles. The highest BCUT2D eigenvalue weighted by Gasteiger charge is 2.36. The first-order chi connectivity index (χ1) is 17.3. The van der Waals surface area contributed by atoms with Crippen molar-refractivity contribution in [3.05, 3.63) is 66.0 Å². The number of hydrogen-bond acceptors (Lipinski definition) is 6. The molecule has 0 saturated carbocycles. The van der Waals surface area contributed by atoms with Crippen LogP contribution in [0.1, 0.15) is 25.0 Å². The van der Waals surface area contributed by atoms with E-state index in [-0.39, 0.29) is 41.1 Å². The molecule has 15 heteroatoms. The van der Waals surface area contributed by atoms with Gasteiger partial charge >= 0.3 is 24.3 Å². The Morgan fingerprint density at radius 2 is 1.74 bits per heavy atom. The number of fused-ring (bicyclic) bond motifs is 1. The van der Waals surface area contributed by atoms with Gasteiger partial charge in [-0.25, -0.2) is 4.68 Å². The molecule has 1 aromatic carbocycles. The Bertz CT molecular complexity index is 1390. The maximum Gasteiger partial charge on any atom is 0.418 e. The summed E-state index contributed by atoms with van der Waals surface area (Å²) in [6.45, 7) is 2.80. The van der Waals surface area contributed by atoms with Crippen molar-refractivity contribution in [3.8, 4) is 17.1 Å². The van der Waals surface area contributed by atoms with E-state index >= 15 is 0 Å². The van der Waals surface area contributed by atoms with Gasteiger partial charge in [0.05, 0.1) is 33.5 Å². The molecule has 4 rings (SSSR count). The van der Waals surface area contributed by atoms with Gasteiger partial charge in [0, 0.05) is 29.1 Å². The number of pyridine rings is 1. The van der Waals surface area contributed by atoms with E-state index < -0.39 is 42.1 Å². The lowest BCUT2D eigenvalue weighted by atomic mass is 10.1. The minimum Gasteiger partial charge on any atom is -1.00 e. The number of nitrogens with one attached hydrogen (secondary N) is 1. The number of hydrogen-bond donors (Lipinski definition) is 1. The molecule has 0 spiro atoms. The Hall–Kier alpha value is -3.94. The van der Waals surface area contributed by atoms with Crippen molar-refractivity contribution < 1.29 is 53.0 Å². The van der Waals surface area contributed by atoms with E-state index in [1.165, 1.54) is 40.0 Å². The highest BCUT2D eigenvalue weighted by atomic mass is 35.5. The van der Waals surface area contributed by atoms with Crippen LogP contribution in [-0.4, -0.2) is 25.8 Å². The smallest absolute Gasteiger partial charge is 0.418 e. The first-order valence-corrected chi connectivity index (χ1v) is 10.8. The quantitative estimate of drug-likeness (QED) is 0.221. The first kappa shape index (κ1) is 28.6. The lowest BCUT2D eigenvalue weighted by Gasteiger charge is -2.16. The molecule has 8 nitrogen and oxygen atoms in total. The maximum absolute atomic E-state index is 13.6. The Kier molecular flexibility index (Phi) is 8.15. The van der Waals surface area contributed by atoms with Crippen LogP contribution in [0.5, 0.6) is 0 Å². The Morgan fingerprint density at radius 3 is 2.34 bits per heavy atom. The van der Waals surface area contributed by atoms with Crippen LogP contribution in [0.4, 0.5) is 38.0 Å². The van der Waals surface area contributed by atoms with Gasteiger partial charge in [-0.1, -0.05) is 13.8 Å². The Labute approximate surface area is 218 Å². The molecule has 0 radical (unpaired) electrons. The van der Waals surface area contributed by atoms with Gasteiger partial charge in [0.2, 0.25) is 0 Å². The van der Waals surface area contributed by atoms with Gasteiger partial charge in [0.15, 0.2) is 6.73 Å². The summed E-state index contributed by atoms with van der Waals surface area (Å²) in [4.78, 5) is 16.0. The van der Waals surface area contributed by atoms with Crippen molar-refractivity contribution >= 4 is 17.6 Å². The number of rotatable bonds is 6. The molecule has 2 aliphatic heterocycles. The lowest BCUT2D eigenvalue weighted by molar-refractivity contribution is -0.681. The molecule has 2 aliphatic rings. The minimum atomic E-state index is -4.69. The average molecular weight is 561 g/mol. The third-order valence-electron chi connectivity index (χ3n) is 5.16. The molecule has 0 amide bonds. The molecule has 38 heavy (non-hydrogen) atoms. The number of ether oxygens (including phenoxy) is 1. The second kappa shape index (κ2) is 10.8. The molecule has 202 valence electrons. The zero-order valence-corrected chi connectivity index (χ0v) is 20.4. The maximum atomic E-state index is 13.6. The second-order valence-electron chi connectivity index (χ2n) is 8.21. The van der Waals surface area contributed by atoms with E-state index in [2.05, 4.69) is 20.5 Å². The number of nitrogens with zero attached hydrogens (tertiary/aromatic N) is 5. The fourth-order valence-electron chi connectivity index (χ4n) is 3.36. The van der Waals surface area contributed by atoms with Crippen molar-refractivity contribution in [2.24, 2.45) is 5.92 Å². The molecule has 1 aromatic heterocycles. The SMILES string of the molecule is CC(C)C(=O)OCn1cc(-c2ncccc2C(F)(F)F)cc2nnc(Nc3ccc(C(F)(F)F)cc3)[n+]1-2.[Cl-]. The Balaban J connectivity index is 0.00000400. The molecule has 0 unspecified atom stereocenters. The number of benzene rings is 1. The summed E-state index contributed by atoms with van der Waals surface area (Å²) in [6.07, 6.45) is -6.72. The highest BCUT2D eigenvalue weighted by Crippen LogP contribution is 2.36. The molecule has 0 fully saturated rings. The molecule has 1 N–H and O–H groups in total. The highest BCUT2D eigenvalue weighted by molar-refractivity contribution is 5.71. The lowest BCUT2D eigenvalue weighted by Crippen LogP contribution is -3.00. The van der Waals surface area contributed by atoms with E-state index in [0.717, 1.165) is 24.3 Å². The van der Waals surface area contributed by atoms with E-state index in [4.69, 9.17) is 4.74 Å². The molecule has 0 saturated heterocycles. The third kappa shape index (κ3) is 6.13. The third-order valence-corrected chi connectivity index (χ3v) is 5.16. The summed E-state index contributed by atoms with van der Waals surface area (Å²) in [5.41, 5.74) is -1.94. The van der Waals surface area contributed by atoms with Gasteiger partial charge in [-0.2, -0.15) is 26.3 Å². The topological polar surface area (TPSA) is 85.8 Å². The first-order valence-electron chi connectivity index (χ1n) is 10.8. The number of alkyl halides is 6. The van der Waals surface area contributed by atoms with E-state index in [1.54, 1.807) is 13.8 Å². The second-order valence-corrected chi connectivity index (χ2v) is 8.21. The molecule has 0 atom stereocenters. The normalized spacial score (nSPS) is 11.9. The average Bonchev–Trinajstić information content (AvgIpc) is 3.24. The van der Waals surface area contributed by atoms with E-state index in [1.807, 2.05) is 0 Å². The van der Waals surface area contributed by atoms with Gasteiger partial charge in [-0.3, -0.25) is 15.1 Å². The van der Waals surface area contributed by atoms with Crippen molar-refractivity contribution in [2.75, 3.05) is 5.32 Å². The van der Waals surface area contributed by atoms with Crippen LogP contribution in [-0.2, 0) is 28.6 Å². The van der Waals surface area contributed by atoms with Crippen LogP contribution in [0.3, 0.4) is 0 Å². The number of halogens is 7. The summed E-state index contributed by atoms with van der Waals surface area (Å²) in [5.74, 6) is -0.965. The van der Waals surface area contributed by atoms with Crippen LogP contribution in [0.15, 0.2) is 54.9 Å². The summed E-state index contributed by atoms with van der Waals surface area (Å²) < 4.78 is 87.3. The standard InChI is InChI=1S/C23H18F6N6O2.ClH/c1-13(2)20(36)37-12-34-11-14(19-17(23(27,28)29)4-3-9-30-19)10-18-32-33-21(35(18)34)31-16-7-5-15(6-8-16)22(24,25)26;/h3-11,13H,12H2,1-2H3;1H.